The van der Waals surface area contributed by atoms with Crippen LogP contribution < -0.4 is 0 Å². The number of rotatable bonds is 3. The summed E-state index contributed by atoms with van der Waals surface area (Å²) in [7, 11) is 0. The van der Waals surface area contributed by atoms with E-state index in [0.717, 1.165) is 5.92 Å². The number of benzene rings is 2. The molecule has 0 amide bonds. The van der Waals surface area contributed by atoms with Gasteiger partial charge in [-0.25, -0.2) is 0 Å². The molecule has 0 N–H and O–H groups in total. The van der Waals surface area contributed by atoms with E-state index in [-0.39, 0.29) is 29.7 Å². The van der Waals surface area contributed by atoms with Gasteiger partial charge in [0.05, 0.1) is 0 Å². The quantitative estimate of drug-likeness (QED) is 0.379. The zero-order valence-electron chi connectivity index (χ0n) is 24.6. The zero-order valence-corrected chi connectivity index (χ0v) is 24.6. The van der Waals surface area contributed by atoms with Gasteiger partial charge in [-0.1, -0.05) is 172 Å². The molecular weight excluding hydrogens is 444 g/mol. The standard InChI is InChI=1S/C13H16.C8H10.2C4H10.2C2H6.4CH4/c1-9(2)11-5-4-6-12-10(3)7-8-13(11)12;1-7-5-3-4-6-8(7)2;2*1-3-4-2;2*1-2;;;;/h4-6,10H,1,7-8H2,2-3H3;3-6H,1-2H3;2*3-4H2,1-2H3;2*1-2H3;4*1H4. The number of aryl methyl sites for hydroxylation is 2. The van der Waals surface area contributed by atoms with Crippen molar-refractivity contribution in [2.75, 3.05) is 0 Å². The second kappa shape index (κ2) is 36.3. The van der Waals surface area contributed by atoms with Crippen LogP contribution in [0.4, 0.5) is 0 Å². The van der Waals surface area contributed by atoms with E-state index in [2.05, 4.69) is 104 Å². The Kier molecular flexibility index (Phi) is 50.8. The lowest BCUT2D eigenvalue weighted by Crippen LogP contribution is -1.90. The lowest BCUT2D eigenvalue weighted by atomic mass is 9.97. The normalized spacial score (nSPS) is 11.0. The second-order valence-corrected chi connectivity index (χ2v) is 8.18. The number of unbranched alkanes of at least 4 members (excludes halogenated alkanes) is 2. The first-order valence-corrected chi connectivity index (χ1v) is 13.6. The van der Waals surface area contributed by atoms with E-state index in [9.17, 15) is 0 Å². The Balaban J connectivity index is -0.0000000659. The molecule has 0 aliphatic heterocycles. The number of hydrogen-bond acceptors (Lipinski definition) is 0. The highest BCUT2D eigenvalue weighted by atomic mass is 14.2. The predicted octanol–water partition coefficient (Wildman–Crippen LogP) is 14.3. The maximum Gasteiger partial charge on any atom is -0.0184 e. The van der Waals surface area contributed by atoms with Crippen LogP contribution in [-0.2, 0) is 6.42 Å². The first-order valence-electron chi connectivity index (χ1n) is 13.6. The number of allylic oxidation sites excluding steroid dienone is 1. The van der Waals surface area contributed by atoms with E-state index in [0.29, 0.717) is 0 Å². The summed E-state index contributed by atoms with van der Waals surface area (Å²) < 4.78 is 0. The largest absolute Gasteiger partial charge is 0.0955 e. The molecule has 0 spiro atoms. The van der Waals surface area contributed by atoms with Crippen LogP contribution >= 0.6 is 0 Å². The minimum absolute atomic E-state index is 0. The van der Waals surface area contributed by atoms with Gasteiger partial charge in [-0.15, -0.1) is 0 Å². The summed E-state index contributed by atoms with van der Waals surface area (Å²) in [6.45, 7) is 29.4. The lowest BCUT2D eigenvalue weighted by Gasteiger charge is -2.08. The van der Waals surface area contributed by atoms with Crippen molar-refractivity contribution in [2.45, 2.75) is 157 Å². The van der Waals surface area contributed by atoms with Crippen molar-refractivity contribution in [3.63, 3.8) is 0 Å². The van der Waals surface area contributed by atoms with Crippen molar-refractivity contribution in [2.24, 2.45) is 0 Å². The van der Waals surface area contributed by atoms with E-state index in [1.807, 2.05) is 27.7 Å². The fraction of sp³-hybridized carbons (Fsp3) is 0.622. The highest BCUT2D eigenvalue weighted by molar-refractivity contribution is 5.66. The van der Waals surface area contributed by atoms with Gasteiger partial charge in [-0.05, 0) is 67.3 Å². The minimum atomic E-state index is 0. The van der Waals surface area contributed by atoms with Crippen LogP contribution in [0.15, 0.2) is 49.0 Å². The van der Waals surface area contributed by atoms with Gasteiger partial charge in [0, 0.05) is 0 Å². The molecule has 2 aromatic carbocycles. The van der Waals surface area contributed by atoms with Gasteiger partial charge < -0.3 is 0 Å². The van der Waals surface area contributed by atoms with E-state index in [1.54, 1.807) is 11.1 Å². The molecule has 0 bridgehead atoms. The third-order valence-corrected chi connectivity index (χ3v) is 5.46. The molecule has 0 saturated heterocycles. The molecule has 0 radical (unpaired) electrons. The second-order valence-electron chi connectivity index (χ2n) is 8.18. The van der Waals surface area contributed by atoms with E-state index in [4.69, 9.17) is 0 Å². The molecule has 2 aromatic rings. The Hall–Kier alpha value is -1.82. The highest BCUT2D eigenvalue weighted by Gasteiger charge is 2.20. The molecule has 0 nitrogen and oxygen atoms in total. The summed E-state index contributed by atoms with van der Waals surface area (Å²) >= 11 is 0. The predicted molar refractivity (Wildman–Crippen MR) is 185 cm³/mol. The molecule has 1 atom stereocenters. The van der Waals surface area contributed by atoms with Crippen LogP contribution in [0, 0.1) is 13.8 Å². The van der Waals surface area contributed by atoms with Crippen LogP contribution in [0.25, 0.3) is 5.57 Å². The molecular formula is C37H74. The molecule has 37 heavy (non-hydrogen) atoms. The molecule has 222 valence electrons. The van der Waals surface area contributed by atoms with E-state index >= 15 is 0 Å². The lowest BCUT2D eigenvalue weighted by molar-refractivity contribution is 0.747. The SMILES string of the molecule is C.C.C.C.C=C(C)c1cccc2c1CCC2C.CC.CC.CCCC.CCCC.Cc1ccccc1C. The van der Waals surface area contributed by atoms with Gasteiger partial charge in [0.2, 0.25) is 0 Å². The van der Waals surface area contributed by atoms with Gasteiger partial charge >= 0.3 is 0 Å². The van der Waals surface area contributed by atoms with E-state index < -0.39 is 0 Å². The fourth-order valence-electron chi connectivity index (χ4n) is 2.92. The summed E-state index contributed by atoms with van der Waals surface area (Å²) in [5.74, 6) is 0.745. The summed E-state index contributed by atoms with van der Waals surface area (Å²) in [5.41, 5.74) is 8.40. The maximum absolute atomic E-state index is 4.03. The van der Waals surface area contributed by atoms with Crippen molar-refractivity contribution in [3.8, 4) is 0 Å². The van der Waals surface area contributed by atoms with Crippen LogP contribution in [-0.4, -0.2) is 0 Å². The molecule has 0 heterocycles. The van der Waals surface area contributed by atoms with Crippen molar-refractivity contribution in [1.82, 2.24) is 0 Å². The molecule has 0 saturated carbocycles. The molecule has 1 aliphatic rings. The molecule has 0 heteroatoms. The summed E-state index contributed by atoms with van der Waals surface area (Å²) in [5, 5.41) is 0. The average molecular weight is 519 g/mol. The zero-order chi connectivity index (χ0) is 26.2. The summed E-state index contributed by atoms with van der Waals surface area (Å²) in [6.07, 6.45) is 7.82. The topological polar surface area (TPSA) is 0 Å². The Morgan fingerprint density at radius 3 is 1.38 bits per heavy atom. The Bertz CT molecular complexity index is 664. The Morgan fingerprint density at radius 1 is 0.703 bits per heavy atom. The third-order valence-electron chi connectivity index (χ3n) is 5.46. The smallest absolute Gasteiger partial charge is 0.0184 e. The highest BCUT2D eigenvalue weighted by Crippen LogP contribution is 2.36. The monoisotopic (exact) mass is 519 g/mol. The maximum atomic E-state index is 4.03. The van der Waals surface area contributed by atoms with Gasteiger partial charge in [0.25, 0.3) is 0 Å². The van der Waals surface area contributed by atoms with Crippen molar-refractivity contribution in [1.29, 1.82) is 0 Å². The van der Waals surface area contributed by atoms with Crippen LogP contribution in [0.3, 0.4) is 0 Å². The minimum Gasteiger partial charge on any atom is -0.0955 e. The van der Waals surface area contributed by atoms with Gasteiger partial charge in [-0.2, -0.15) is 0 Å². The van der Waals surface area contributed by atoms with E-state index in [1.165, 1.54) is 60.8 Å². The Labute approximate surface area is 239 Å². The van der Waals surface area contributed by atoms with Crippen LogP contribution in [0.1, 0.15) is 165 Å². The summed E-state index contributed by atoms with van der Waals surface area (Å²) in [6, 6.07) is 15.0. The third kappa shape index (κ3) is 24.3. The first-order chi connectivity index (χ1) is 15.8. The average Bonchev–Trinajstić information content (AvgIpc) is 3.25. The number of hydrogen-bond donors (Lipinski definition) is 0. The molecule has 0 fully saturated rings. The fourth-order valence-corrected chi connectivity index (χ4v) is 2.92. The first kappa shape index (κ1) is 51.8. The van der Waals surface area contributed by atoms with Gasteiger partial charge in [-0.3, -0.25) is 0 Å². The van der Waals surface area contributed by atoms with Crippen molar-refractivity contribution in [3.05, 3.63) is 76.9 Å². The van der Waals surface area contributed by atoms with Crippen LogP contribution in [0.2, 0.25) is 0 Å². The summed E-state index contributed by atoms with van der Waals surface area (Å²) in [4.78, 5) is 0. The van der Waals surface area contributed by atoms with Gasteiger partial charge in [0.15, 0.2) is 0 Å². The Morgan fingerprint density at radius 2 is 1.08 bits per heavy atom. The molecule has 0 aromatic heterocycles. The van der Waals surface area contributed by atoms with Crippen LogP contribution in [0.5, 0.6) is 0 Å². The molecule has 3 rings (SSSR count). The van der Waals surface area contributed by atoms with Crippen molar-refractivity contribution < 1.29 is 0 Å². The van der Waals surface area contributed by atoms with Gasteiger partial charge in [0.1, 0.15) is 0 Å². The van der Waals surface area contributed by atoms with Crippen molar-refractivity contribution >= 4 is 5.57 Å². The number of fused-ring (bicyclic) bond motifs is 1. The molecule has 1 unspecified atom stereocenters. The molecule has 1 aliphatic carbocycles.